The smallest absolute Gasteiger partial charge is 0.337 e. The number of hydrogen-bond acceptors (Lipinski definition) is 4. The van der Waals surface area contributed by atoms with Gasteiger partial charge >= 0.3 is 5.97 Å². The number of carbonyl (C=O) groups is 1. The molecule has 0 bridgehead atoms. The molecule has 0 fully saturated rings. The summed E-state index contributed by atoms with van der Waals surface area (Å²) < 4.78 is 0. The Hall–Kier alpha value is -2.43. The molecule has 2 N–H and O–H groups in total. The molecule has 0 spiro atoms. The van der Waals surface area contributed by atoms with E-state index in [-0.39, 0.29) is 5.56 Å². The maximum atomic E-state index is 11.0. The molecule has 0 amide bonds. The highest BCUT2D eigenvalue weighted by Gasteiger charge is 2.08. The molecule has 0 atom stereocenters. The number of aromatic nitrogens is 2. The maximum Gasteiger partial charge on any atom is 0.337 e. The summed E-state index contributed by atoms with van der Waals surface area (Å²) in [5, 5.41) is 12.1. The molecule has 1 aromatic heterocycles. The fourth-order valence-electron chi connectivity index (χ4n) is 1.61. The van der Waals surface area contributed by atoms with Gasteiger partial charge < -0.3 is 10.4 Å². The lowest BCUT2D eigenvalue weighted by Gasteiger charge is -2.09. The number of nitrogens with zero attached hydrogens (tertiary/aromatic N) is 2. The van der Waals surface area contributed by atoms with Crippen LogP contribution in [0, 0.1) is 6.92 Å². The van der Waals surface area contributed by atoms with Gasteiger partial charge in [-0.1, -0.05) is 12.1 Å². The molecule has 0 radical (unpaired) electrons. The zero-order chi connectivity index (χ0) is 13.0. The van der Waals surface area contributed by atoms with E-state index in [1.165, 1.54) is 0 Å². The molecule has 5 nitrogen and oxygen atoms in total. The van der Waals surface area contributed by atoms with Gasteiger partial charge in [-0.15, -0.1) is 0 Å². The lowest BCUT2D eigenvalue weighted by molar-refractivity contribution is 0.0698. The number of carboxylic acid groups (broad SMARTS) is 1. The molecule has 92 valence electrons. The number of para-hydroxylation sites is 1. The van der Waals surface area contributed by atoms with Crippen LogP contribution in [0.3, 0.4) is 0 Å². The minimum absolute atomic E-state index is 0.253. The van der Waals surface area contributed by atoms with Gasteiger partial charge in [-0.05, 0) is 25.1 Å². The Morgan fingerprint density at radius 1 is 1.33 bits per heavy atom. The van der Waals surface area contributed by atoms with Crippen molar-refractivity contribution in [3.05, 3.63) is 53.6 Å². The predicted molar refractivity (Wildman–Crippen MR) is 67.5 cm³/mol. The van der Waals surface area contributed by atoms with E-state index < -0.39 is 5.97 Å². The van der Waals surface area contributed by atoms with Crippen LogP contribution in [0.15, 0.2) is 36.5 Å². The Bertz CT molecular complexity index is 570. The number of hydrogen-bond donors (Lipinski definition) is 2. The molecule has 2 aromatic rings. The Morgan fingerprint density at radius 2 is 2.11 bits per heavy atom. The summed E-state index contributed by atoms with van der Waals surface area (Å²) in [6, 6.07) is 8.58. The zero-order valence-corrected chi connectivity index (χ0v) is 9.92. The molecule has 0 unspecified atom stereocenters. The minimum Gasteiger partial charge on any atom is -0.478 e. The molecule has 1 heterocycles. The zero-order valence-electron chi connectivity index (χ0n) is 9.92. The number of aryl methyl sites for hydroxylation is 1. The van der Waals surface area contributed by atoms with E-state index in [9.17, 15) is 4.79 Å². The Morgan fingerprint density at radius 3 is 2.83 bits per heavy atom. The number of carboxylic acids is 1. The quantitative estimate of drug-likeness (QED) is 0.860. The summed E-state index contributed by atoms with van der Waals surface area (Å²) in [7, 11) is 0. The van der Waals surface area contributed by atoms with Crippen LogP contribution in [-0.4, -0.2) is 21.0 Å². The molecule has 0 aliphatic carbocycles. The number of benzene rings is 1. The summed E-state index contributed by atoms with van der Waals surface area (Å²) in [6.07, 6.45) is 1.68. The van der Waals surface area contributed by atoms with E-state index in [1.54, 1.807) is 36.5 Å². The molecular formula is C13H13N3O2. The van der Waals surface area contributed by atoms with E-state index in [0.29, 0.717) is 18.1 Å². The SMILES string of the molecule is Cc1nccc(CNc2ccccc2C(=O)O)n1. The van der Waals surface area contributed by atoms with Gasteiger partial charge in [-0.25, -0.2) is 14.8 Å². The first-order chi connectivity index (χ1) is 8.66. The monoisotopic (exact) mass is 243 g/mol. The van der Waals surface area contributed by atoms with Crippen molar-refractivity contribution >= 4 is 11.7 Å². The predicted octanol–water partition coefficient (Wildman–Crippen LogP) is 2.10. The van der Waals surface area contributed by atoms with Crippen molar-refractivity contribution in [2.45, 2.75) is 13.5 Å². The normalized spacial score (nSPS) is 10.1. The van der Waals surface area contributed by atoms with Gasteiger partial charge in [0.15, 0.2) is 0 Å². The summed E-state index contributed by atoms with van der Waals surface area (Å²) in [4.78, 5) is 19.3. The van der Waals surface area contributed by atoms with Gasteiger partial charge in [0.1, 0.15) is 5.82 Å². The molecular weight excluding hydrogens is 230 g/mol. The van der Waals surface area contributed by atoms with Gasteiger partial charge in [0, 0.05) is 11.9 Å². The van der Waals surface area contributed by atoms with Gasteiger partial charge in [0.2, 0.25) is 0 Å². The lowest BCUT2D eigenvalue weighted by Crippen LogP contribution is -2.07. The van der Waals surface area contributed by atoms with Gasteiger partial charge in [0.25, 0.3) is 0 Å². The van der Waals surface area contributed by atoms with Crippen molar-refractivity contribution in [1.29, 1.82) is 0 Å². The average molecular weight is 243 g/mol. The highest BCUT2D eigenvalue weighted by Crippen LogP contribution is 2.15. The van der Waals surface area contributed by atoms with Crippen LogP contribution in [0.1, 0.15) is 21.9 Å². The summed E-state index contributed by atoms with van der Waals surface area (Å²) in [5.74, 6) is -0.252. The third-order valence-electron chi connectivity index (χ3n) is 2.45. The third-order valence-corrected chi connectivity index (χ3v) is 2.45. The van der Waals surface area contributed by atoms with Gasteiger partial charge in [-0.3, -0.25) is 0 Å². The van der Waals surface area contributed by atoms with Crippen molar-refractivity contribution in [2.24, 2.45) is 0 Å². The standard InChI is InChI=1S/C13H13N3O2/c1-9-14-7-6-10(16-9)8-15-12-5-3-2-4-11(12)13(17)18/h2-7,15H,8H2,1H3,(H,17,18). The number of rotatable bonds is 4. The molecule has 5 heteroatoms. The fourth-order valence-corrected chi connectivity index (χ4v) is 1.61. The van der Waals surface area contributed by atoms with Crippen molar-refractivity contribution in [2.75, 3.05) is 5.32 Å². The Balaban J connectivity index is 2.13. The first-order valence-corrected chi connectivity index (χ1v) is 5.51. The van der Waals surface area contributed by atoms with Crippen LogP contribution in [-0.2, 0) is 6.54 Å². The minimum atomic E-state index is -0.947. The van der Waals surface area contributed by atoms with Crippen LogP contribution < -0.4 is 5.32 Å². The summed E-state index contributed by atoms with van der Waals surface area (Å²) in [6.45, 7) is 2.28. The third kappa shape index (κ3) is 2.82. The average Bonchev–Trinajstić information content (AvgIpc) is 2.37. The number of nitrogens with one attached hydrogen (secondary N) is 1. The lowest BCUT2D eigenvalue weighted by atomic mass is 10.2. The summed E-state index contributed by atoms with van der Waals surface area (Å²) in [5.41, 5.74) is 1.66. The number of anilines is 1. The molecule has 0 aliphatic heterocycles. The first-order valence-electron chi connectivity index (χ1n) is 5.51. The van der Waals surface area contributed by atoms with Gasteiger partial charge in [0.05, 0.1) is 17.8 Å². The van der Waals surface area contributed by atoms with E-state index in [1.807, 2.05) is 6.92 Å². The highest BCUT2D eigenvalue weighted by molar-refractivity contribution is 5.94. The molecule has 0 aliphatic rings. The summed E-state index contributed by atoms with van der Waals surface area (Å²) >= 11 is 0. The Kier molecular flexibility index (Phi) is 3.52. The molecule has 0 saturated carbocycles. The molecule has 18 heavy (non-hydrogen) atoms. The Labute approximate surface area is 105 Å². The topological polar surface area (TPSA) is 75.1 Å². The van der Waals surface area contributed by atoms with Crippen LogP contribution in [0.5, 0.6) is 0 Å². The number of aromatic carboxylic acids is 1. The van der Waals surface area contributed by atoms with Crippen LogP contribution in [0.25, 0.3) is 0 Å². The van der Waals surface area contributed by atoms with E-state index >= 15 is 0 Å². The van der Waals surface area contributed by atoms with E-state index in [2.05, 4.69) is 15.3 Å². The molecule has 0 saturated heterocycles. The van der Waals surface area contributed by atoms with Crippen molar-refractivity contribution in [3.8, 4) is 0 Å². The van der Waals surface area contributed by atoms with Crippen LogP contribution in [0.4, 0.5) is 5.69 Å². The first kappa shape index (κ1) is 12.0. The molecule has 2 rings (SSSR count). The highest BCUT2D eigenvalue weighted by atomic mass is 16.4. The van der Waals surface area contributed by atoms with E-state index in [4.69, 9.17) is 5.11 Å². The maximum absolute atomic E-state index is 11.0. The van der Waals surface area contributed by atoms with Crippen molar-refractivity contribution in [3.63, 3.8) is 0 Å². The van der Waals surface area contributed by atoms with Crippen molar-refractivity contribution in [1.82, 2.24) is 9.97 Å². The fraction of sp³-hybridized carbons (Fsp3) is 0.154. The van der Waals surface area contributed by atoms with E-state index in [0.717, 1.165) is 5.69 Å². The second-order valence-corrected chi connectivity index (χ2v) is 3.80. The van der Waals surface area contributed by atoms with Gasteiger partial charge in [-0.2, -0.15) is 0 Å². The van der Waals surface area contributed by atoms with Crippen molar-refractivity contribution < 1.29 is 9.90 Å². The van der Waals surface area contributed by atoms with Crippen LogP contribution >= 0.6 is 0 Å². The molecule has 1 aromatic carbocycles. The second kappa shape index (κ2) is 5.27. The largest absolute Gasteiger partial charge is 0.478 e. The second-order valence-electron chi connectivity index (χ2n) is 3.80. The van der Waals surface area contributed by atoms with Crippen LogP contribution in [0.2, 0.25) is 0 Å².